The fourth-order valence-electron chi connectivity index (χ4n) is 0.372. The molecule has 0 radical (unpaired) electrons. The molecule has 1 atom stereocenters. The van der Waals surface area contributed by atoms with Gasteiger partial charge in [0.1, 0.15) is 0 Å². The molecule has 0 spiro atoms. The molecule has 10 heavy (non-hydrogen) atoms. The van der Waals surface area contributed by atoms with Gasteiger partial charge in [-0.15, -0.1) is 0 Å². The van der Waals surface area contributed by atoms with Gasteiger partial charge in [-0.2, -0.15) is 4.99 Å². The van der Waals surface area contributed by atoms with Gasteiger partial charge in [-0.3, -0.25) is 4.79 Å². The average molecular weight is 208 g/mol. The van der Waals surface area contributed by atoms with Crippen LogP contribution in [0.15, 0.2) is 4.99 Å². The number of guanidine groups is 1. The van der Waals surface area contributed by atoms with Crippen LogP contribution in [0, 0.1) is 0 Å². The normalized spacial score (nSPS) is 12.2. The fraction of sp³-hybridized carbons (Fsp3) is 0.600. The summed E-state index contributed by atoms with van der Waals surface area (Å²) in [5.74, 6) is -0.523. The molecule has 0 aliphatic rings. The van der Waals surface area contributed by atoms with Crippen LogP contribution in [0.3, 0.4) is 0 Å². The Morgan fingerprint density at radius 2 is 2.20 bits per heavy atom. The van der Waals surface area contributed by atoms with Crippen molar-refractivity contribution in [3.8, 4) is 0 Å². The number of halogens is 1. The molecular formula is C5H10BrN3O. The summed E-state index contributed by atoms with van der Waals surface area (Å²) in [7, 11) is 0. The van der Waals surface area contributed by atoms with E-state index < -0.39 is 0 Å². The van der Waals surface area contributed by atoms with Crippen molar-refractivity contribution in [1.82, 2.24) is 0 Å². The summed E-state index contributed by atoms with van der Waals surface area (Å²) in [4.78, 5) is 13.9. The second-order valence-electron chi connectivity index (χ2n) is 1.75. The zero-order valence-corrected chi connectivity index (χ0v) is 7.26. The minimum Gasteiger partial charge on any atom is -0.370 e. The van der Waals surface area contributed by atoms with E-state index in [1.54, 1.807) is 0 Å². The molecule has 0 saturated heterocycles. The lowest BCUT2D eigenvalue weighted by atomic mass is 10.3. The van der Waals surface area contributed by atoms with Crippen LogP contribution < -0.4 is 11.5 Å². The van der Waals surface area contributed by atoms with Gasteiger partial charge in [0.15, 0.2) is 5.96 Å². The summed E-state index contributed by atoms with van der Waals surface area (Å²) < 4.78 is 0. The first-order valence-electron chi connectivity index (χ1n) is 2.85. The number of hydrogen-bond acceptors (Lipinski definition) is 1. The molecule has 0 aliphatic heterocycles. The maximum atomic E-state index is 10.8. The van der Waals surface area contributed by atoms with Gasteiger partial charge in [0.05, 0.1) is 4.83 Å². The highest BCUT2D eigenvalue weighted by Crippen LogP contribution is 2.05. The number of nitrogens with two attached hydrogens (primary N) is 2. The van der Waals surface area contributed by atoms with Crippen molar-refractivity contribution in [2.24, 2.45) is 16.5 Å². The first-order valence-corrected chi connectivity index (χ1v) is 3.77. The smallest absolute Gasteiger partial charge is 0.262 e. The van der Waals surface area contributed by atoms with E-state index in [0.29, 0.717) is 6.42 Å². The molecule has 0 fully saturated rings. The van der Waals surface area contributed by atoms with Crippen LogP contribution in [0.25, 0.3) is 0 Å². The average Bonchev–Trinajstić information content (AvgIpc) is 1.85. The SMILES string of the molecule is CCC(Br)C(=O)N=C(N)N. The number of alkyl halides is 1. The molecule has 4 N–H and O–H groups in total. The summed E-state index contributed by atoms with van der Waals surface area (Å²) >= 11 is 3.10. The van der Waals surface area contributed by atoms with E-state index in [1.807, 2.05) is 6.92 Å². The number of aliphatic imine (C=N–C) groups is 1. The van der Waals surface area contributed by atoms with Crippen LogP contribution in [-0.4, -0.2) is 16.7 Å². The highest BCUT2D eigenvalue weighted by atomic mass is 79.9. The van der Waals surface area contributed by atoms with Gasteiger partial charge in [0.2, 0.25) is 0 Å². The zero-order valence-electron chi connectivity index (χ0n) is 5.67. The predicted molar refractivity (Wildman–Crippen MR) is 43.8 cm³/mol. The van der Waals surface area contributed by atoms with Crippen molar-refractivity contribution in [1.29, 1.82) is 0 Å². The second-order valence-corrected chi connectivity index (χ2v) is 2.86. The highest BCUT2D eigenvalue weighted by molar-refractivity contribution is 9.10. The molecule has 0 bridgehead atoms. The fourth-order valence-corrected chi connectivity index (χ4v) is 0.474. The van der Waals surface area contributed by atoms with Gasteiger partial charge < -0.3 is 11.5 Å². The predicted octanol–water partition coefficient (Wildman–Crippen LogP) is -0.0401. The maximum absolute atomic E-state index is 10.8. The van der Waals surface area contributed by atoms with Gasteiger partial charge >= 0.3 is 0 Å². The number of carbonyl (C=O) groups excluding carboxylic acids is 1. The Morgan fingerprint density at radius 3 is 2.50 bits per heavy atom. The van der Waals surface area contributed by atoms with E-state index in [0.717, 1.165) is 0 Å². The quantitative estimate of drug-likeness (QED) is 0.379. The van der Waals surface area contributed by atoms with E-state index in [-0.39, 0.29) is 16.7 Å². The topological polar surface area (TPSA) is 81.5 Å². The van der Waals surface area contributed by atoms with Gasteiger partial charge in [-0.1, -0.05) is 22.9 Å². The summed E-state index contributed by atoms with van der Waals surface area (Å²) in [6, 6.07) is 0. The van der Waals surface area contributed by atoms with E-state index in [1.165, 1.54) is 0 Å². The molecule has 0 saturated carbocycles. The minimum atomic E-state index is -0.331. The van der Waals surface area contributed by atoms with Crippen LogP contribution in [0.4, 0.5) is 0 Å². The van der Waals surface area contributed by atoms with Gasteiger partial charge in [0, 0.05) is 0 Å². The summed E-state index contributed by atoms with van der Waals surface area (Å²) in [6.07, 6.45) is 0.676. The molecule has 58 valence electrons. The lowest BCUT2D eigenvalue weighted by Gasteiger charge is -1.98. The molecule has 0 aromatic carbocycles. The lowest BCUT2D eigenvalue weighted by molar-refractivity contribution is -0.117. The van der Waals surface area contributed by atoms with Crippen LogP contribution in [0.2, 0.25) is 0 Å². The van der Waals surface area contributed by atoms with Crippen LogP contribution in [0.1, 0.15) is 13.3 Å². The molecule has 5 heteroatoms. The van der Waals surface area contributed by atoms with Crippen molar-refractivity contribution in [3.63, 3.8) is 0 Å². The number of nitrogens with zero attached hydrogens (tertiary/aromatic N) is 1. The summed E-state index contributed by atoms with van der Waals surface area (Å²) in [5, 5.41) is 0. The highest BCUT2D eigenvalue weighted by Gasteiger charge is 2.10. The zero-order chi connectivity index (χ0) is 8.15. The summed E-state index contributed by atoms with van der Waals surface area (Å²) in [6.45, 7) is 1.86. The van der Waals surface area contributed by atoms with Crippen LogP contribution in [-0.2, 0) is 4.79 Å². The molecule has 0 rings (SSSR count). The third-order valence-corrected chi connectivity index (χ3v) is 1.90. The Kier molecular flexibility index (Phi) is 4.02. The molecule has 0 heterocycles. The first-order chi connectivity index (χ1) is 4.57. The number of amides is 1. The van der Waals surface area contributed by atoms with Gasteiger partial charge in [0.25, 0.3) is 5.91 Å². The van der Waals surface area contributed by atoms with Crippen molar-refractivity contribution in [2.75, 3.05) is 0 Å². The van der Waals surface area contributed by atoms with E-state index >= 15 is 0 Å². The van der Waals surface area contributed by atoms with Crippen molar-refractivity contribution < 1.29 is 4.79 Å². The van der Waals surface area contributed by atoms with Gasteiger partial charge in [-0.05, 0) is 6.42 Å². The molecule has 1 amide bonds. The van der Waals surface area contributed by atoms with Crippen LogP contribution in [0.5, 0.6) is 0 Å². The Hall–Kier alpha value is -0.580. The molecule has 0 aromatic rings. The molecule has 0 aliphatic carbocycles. The Labute approximate surface area is 67.8 Å². The Morgan fingerprint density at radius 1 is 1.70 bits per heavy atom. The number of hydrogen-bond donors (Lipinski definition) is 2. The third-order valence-electron chi connectivity index (χ3n) is 0.866. The van der Waals surface area contributed by atoms with Crippen LogP contribution >= 0.6 is 15.9 Å². The number of rotatable bonds is 2. The molecule has 0 aromatic heterocycles. The van der Waals surface area contributed by atoms with E-state index in [2.05, 4.69) is 20.9 Å². The molecule has 1 unspecified atom stereocenters. The Balaban J connectivity index is 3.97. The van der Waals surface area contributed by atoms with Crippen molar-refractivity contribution in [2.45, 2.75) is 18.2 Å². The van der Waals surface area contributed by atoms with E-state index in [9.17, 15) is 4.79 Å². The third kappa shape index (κ3) is 3.45. The molecule has 4 nitrogen and oxygen atoms in total. The van der Waals surface area contributed by atoms with E-state index in [4.69, 9.17) is 11.5 Å². The Bertz CT molecular complexity index is 153. The van der Waals surface area contributed by atoms with Crippen molar-refractivity contribution in [3.05, 3.63) is 0 Å². The summed E-state index contributed by atoms with van der Waals surface area (Å²) in [5.41, 5.74) is 9.94. The lowest BCUT2D eigenvalue weighted by Crippen LogP contribution is -2.26. The first kappa shape index (κ1) is 9.42. The monoisotopic (exact) mass is 207 g/mol. The maximum Gasteiger partial charge on any atom is 0.262 e. The molecular weight excluding hydrogens is 198 g/mol. The second kappa shape index (κ2) is 4.27. The number of carbonyl (C=O) groups is 1. The van der Waals surface area contributed by atoms with Crippen molar-refractivity contribution >= 4 is 27.8 Å². The van der Waals surface area contributed by atoms with Gasteiger partial charge in [-0.25, -0.2) is 0 Å². The standard InChI is InChI=1S/C5H10BrN3O/c1-2-3(6)4(10)9-5(7)8/h3H,2H2,1H3,(H4,7,8,9,10). The largest absolute Gasteiger partial charge is 0.370 e. The minimum absolute atomic E-state index is 0.192.